The molecule has 0 atom stereocenters. The van der Waals surface area contributed by atoms with Crippen LogP contribution in [0.3, 0.4) is 0 Å². The van der Waals surface area contributed by atoms with E-state index in [1.165, 1.54) is 11.3 Å². The molecule has 4 aromatic rings. The van der Waals surface area contributed by atoms with E-state index in [0.29, 0.717) is 27.0 Å². The molecule has 0 unspecified atom stereocenters. The van der Waals surface area contributed by atoms with E-state index in [1.807, 2.05) is 24.6 Å². The van der Waals surface area contributed by atoms with Crippen molar-refractivity contribution in [3.63, 3.8) is 0 Å². The van der Waals surface area contributed by atoms with Crippen LogP contribution in [0.4, 0.5) is 5.13 Å². The van der Waals surface area contributed by atoms with E-state index in [0.717, 1.165) is 11.3 Å². The van der Waals surface area contributed by atoms with Crippen molar-refractivity contribution in [1.82, 2.24) is 19.1 Å². The summed E-state index contributed by atoms with van der Waals surface area (Å²) in [5.74, 6) is -0.107. The Bertz CT molecular complexity index is 1140. The number of nitrogens with zero attached hydrogens (tertiary/aromatic N) is 4. The van der Waals surface area contributed by atoms with Gasteiger partial charge in [-0.15, -0.1) is 11.3 Å². The second-order valence-corrected chi connectivity index (χ2v) is 7.43. The van der Waals surface area contributed by atoms with Crippen LogP contribution in [0.25, 0.3) is 22.4 Å². The summed E-state index contributed by atoms with van der Waals surface area (Å²) in [6, 6.07) is 7.36. The summed E-state index contributed by atoms with van der Waals surface area (Å²) in [6.45, 7) is 1.83. The van der Waals surface area contributed by atoms with Gasteiger partial charge in [0, 0.05) is 23.0 Å². The first kappa shape index (κ1) is 17.6. The van der Waals surface area contributed by atoms with Crippen LogP contribution in [-0.2, 0) is 18.4 Å². The van der Waals surface area contributed by atoms with Crippen molar-refractivity contribution in [3.8, 4) is 17.0 Å². The fraction of sp³-hybridized carbons (Fsp3) is 0.167. The Morgan fingerprint density at radius 3 is 2.81 bits per heavy atom. The van der Waals surface area contributed by atoms with Crippen LogP contribution in [0.2, 0.25) is 5.02 Å². The molecule has 1 amide bonds. The minimum Gasteiger partial charge on any atom is -0.504 e. The van der Waals surface area contributed by atoms with Crippen LogP contribution in [-0.4, -0.2) is 30.1 Å². The lowest BCUT2D eigenvalue weighted by Gasteiger charge is -2.04. The molecule has 0 bridgehead atoms. The Hall–Kier alpha value is -2.84. The van der Waals surface area contributed by atoms with Crippen LogP contribution in [0.5, 0.6) is 5.75 Å². The Kier molecular flexibility index (Phi) is 4.37. The highest BCUT2D eigenvalue weighted by Crippen LogP contribution is 2.30. The van der Waals surface area contributed by atoms with Crippen molar-refractivity contribution in [1.29, 1.82) is 0 Å². The predicted octanol–water partition coefficient (Wildman–Crippen LogP) is 3.80. The Balaban J connectivity index is 1.51. The number of aromatic nitrogens is 4. The summed E-state index contributed by atoms with van der Waals surface area (Å²) in [7, 11) is 1.82. The van der Waals surface area contributed by atoms with Crippen molar-refractivity contribution in [2.75, 3.05) is 5.32 Å². The molecule has 27 heavy (non-hydrogen) atoms. The number of imidazole rings is 1. The fourth-order valence-electron chi connectivity index (χ4n) is 2.87. The number of hydrogen-bond donors (Lipinski definition) is 2. The highest BCUT2D eigenvalue weighted by Gasteiger charge is 2.18. The molecule has 4 rings (SSSR count). The fourth-order valence-corrected chi connectivity index (χ4v) is 3.73. The molecule has 0 saturated carbocycles. The van der Waals surface area contributed by atoms with Gasteiger partial charge in [0.2, 0.25) is 5.91 Å². The maximum atomic E-state index is 12.4. The highest BCUT2D eigenvalue weighted by molar-refractivity contribution is 7.14. The summed E-state index contributed by atoms with van der Waals surface area (Å²) in [5, 5.41) is 16.1. The van der Waals surface area contributed by atoms with Gasteiger partial charge in [0.1, 0.15) is 12.1 Å². The first-order valence-corrected chi connectivity index (χ1v) is 9.40. The van der Waals surface area contributed by atoms with E-state index in [9.17, 15) is 9.90 Å². The molecule has 0 saturated heterocycles. The van der Waals surface area contributed by atoms with Crippen LogP contribution in [0.15, 0.2) is 36.0 Å². The van der Waals surface area contributed by atoms with Crippen molar-refractivity contribution in [2.24, 2.45) is 7.05 Å². The molecule has 1 aromatic carbocycles. The van der Waals surface area contributed by atoms with E-state index >= 15 is 0 Å². The third-order valence-electron chi connectivity index (χ3n) is 4.41. The number of rotatable bonds is 4. The third-order valence-corrected chi connectivity index (χ3v) is 5.42. The van der Waals surface area contributed by atoms with Crippen molar-refractivity contribution in [2.45, 2.75) is 13.5 Å². The third kappa shape index (κ3) is 3.17. The summed E-state index contributed by atoms with van der Waals surface area (Å²) in [4.78, 5) is 21.1. The minimum atomic E-state index is -0.243. The zero-order chi connectivity index (χ0) is 19.1. The standard InChI is InChI=1S/C18H16ClN5O2S/c1-10-16(26)15-17(23(10)2)20-9-24(15)7-14(25)22-18-21-13(8-27-18)11-3-5-12(19)6-4-11/h3-6,8-9,26H,7H2,1-2H3,(H,21,22,25). The summed E-state index contributed by atoms with van der Waals surface area (Å²) in [5.41, 5.74) is 3.59. The summed E-state index contributed by atoms with van der Waals surface area (Å²) < 4.78 is 3.42. The maximum absolute atomic E-state index is 12.4. The van der Waals surface area contributed by atoms with Gasteiger partial charge in [-0.05, 0) is 19.1 Å². The quantitative estimate of drug-likeness (QED) is 0.544. The van der Waals surface area contributed by atoms with Crippen LogP contribution < -0.4 is 5.32 Å². The molecule has 138 valence electrons. The van der Waals surface area contributed by atoms with E-state index < -0.39 is 0 Å². The van der Waals surface area contributed by atoms with E-state index in [2.05, 4.69) is 15.3 Å². The largest absolute Gasteiger partial charge is 0.504 e. The summed E-state index contributed by atoms with van der Waals surface area (Å²) >= 11 is 7.25. The number of aryl methyl sites for hydroxylation is 1. The SMILES string of the molecule is Cc1c(O)c2c(ncn2CC(=O)Nc2nc(-c3ccc(Cl)cc3)cs2)n1C. The second-order valence-electron chi connectivity index (χ2n) is 6.13. The van der Waals surface area contributed by atoms with Gasteiger partial charge in [-0.25, -0.2) is 9.97 Å². The van der Waals surface area contributed by atoms with E-state index in [1.54, 1.807) is 34.5 Å². The first-order chi connectivity index (χ1) is 12.9. The van der Waals surface area contributed by atoms with Gasteiger partial charge in [-0.2, -0.15) is 0 Å². The molecular weight excluding hydrogens is 386 g/mol. The van der Waals surface area contributed by atoms with Gasteiger partial charge in [0.15, 0.2) is 16.5 Å². The topological polar surface area (TPSA) is 85.0 Å². The number of aromatic hydroxyl groups is 1. The first-order valence-electron chi connectivity index (χ1n) is 8.14. The van der Waals surface area contributed by atoms with Crippen LogP contribution in [0, 0.1) is 6.92 Å². The highest BCUT2D eigenvalue weighted by atomic mass is 35.5. The number of carbonyl (C=O) groups is 1. The molecule has 9 heteroatoms. The molecule has 7 nitrogen and oxygen atoms in total. The molecule has 2 N–H and O–H groups in total. The van der Waals surface area contributed by atoms with Gasteiger partial charge in [-0.1, -0.05) is 23.7 Å². The Labute approximate surface area is 163 Å². The number of carbonyl (C=O) groups excluding carboxylic acids is 1. The van der Waals surface area contributed by atoms with E-state index in [-0.39, 0.29) is 18.2 Å². The van der Waals surface area contributed by atoms with Crippen LogP contribution in [0.1, 0.15) is 5.69 Å². The number of nitrogens with one attached hydrogen (secondary N) is 1. The zero-order valence-electron chi connectivity index (χ0n) is 14.6. The molecule has 0 fully saturated rings. The average Bonchev–Trinajstić information content (AvgIpc) is 3.32. The van der Waals surface area contributed by atoms with Crippen molar-refractivity contribution >= 4 is 45.1 Å². The number of hydrogen-bond acceptors (Lipinski definition) is 5. The number of fused-ring (bicyclic) bond motifs is 1. The van der Waals surface area contributed by atoms with Gasteiger partial charge >= 0.3 is 0 Å². The van der Waals surface area contributed by atoms with Gasteiger partial charge in [0.05, 0.1) is 17.7 Å². The lowest BCUT2D eigenvalue weighted by molar-refractivity contribution is -0.116. The molecule has 3 aromatic heterocycles. The maximum Gasteiger partial charge on any atom is 0.246 e. The van der Waals surface area contributed by atoms with Crippen molar-refractivity contribution < 1.29 is 9.90 Å². The zero-order valence-corrected chi connectivity index (χ0v) is 16.2. The predicted molar refractivity (Wildman–Crippen MR) is 106 cm³/mol. The molecule has 0 radical (unpaired) electrons. The smallest absolute Gasteiger partial charge is 0.246 e. The number of amides is 1. The second kappa shape index (κ2) is 6.71. The average molecular weight is 402 g/mol. The molecule has 0 aliphatic carbocycles. The number of thiazole rings is 1. The monoisotopic (exact) mass is 401 g/mol. The number of benzene rings is 1. The lowest BCUT2D eigenvalue weighted by Crippen LogP contribution is -2.18. The molecule has 0 aliphatic heterocycles. The van der Waals surface area contributed by atoms with Crippen LogP contribution >= 0.6 is 22.9 Å². The van der Waals surface area contributed by atoms with Gasteiger partial charge in [-0.3, -0.25) is 4.79 Å². The molecular formula is C18H16ClN5O2S. The van der Waals surface area contributed by atoms with Gasteiger partial charge in [0.25, 0.3) is 0 Å². The molecule has 0 aliphatic rings. The molecule has 0 spiro atoms. The molecule has 3 heterocycles. The summed E-state index contributed by atoms with van der Waals surface area (Å²) in [6.07, 6.45) is 1.55. The number of anilines is 1. The normalized spacial score (nSPS) is 11.2. The lowest BCUT2D eigenvalue weighted by atomic mass is 10.2. The minimum absolute atomic E-state index is 0.0311. The Morgan fingerprint density at radius 1 is 1.33 bits per heavy atom. The Morgan fingerprint density at radius 2 is 2.07 bits per heavy atom. The van der Waals surface area contributed by atoms with E-state index in [4.69, 9.17) is 11.6 Å². The van der Waals surface area contributed by atoms with Crippen molar-refractivity contribution in [3.05, 3.63) is 46.7 Å². The van der Waals surface area contributed by atoms with Gasteiger partial charge < -0.3 is 19.6 Å². The number of halogens is 1.